The number of benzene rings is 2. The lowest BCUT2D eigenvalue weighted by Crippen LogP contribution is -2.09. The van der Waals surface area contributed by atoms with E-state index in [4.69, 9.17) is 9.47 Å². The minimum atomic E-state index is -1.15. The Bertz CT molecular complexity index is 926. The molecule has 168 valence electrons. The molecule has 2 rings (SSSR count). The summed E-state index contributed by atoms with van der Waals surface area (Å²) >= 11 is 0. The number of carboxylic acids is 1. The molecule has 0 aliphatic heterocycles. The Hall–Kier alpha value is -3.46. The number of carbonyl (C=O) groups excluding carboxylic acids is 1. The average Bonchev–Trinajstić information content (AvgIpc) is 2.78. The van der Waals surface area contributed by atoms with E-state index in [1.807, 2.05) is 14.0 Å². The van der Waals surface area contributed by atoms with Crippen molar-refractivity contribution >= 4 is 17.9 Å². The average molecular weight is 432 g/mol. The molecule has 2 aromatic carbocycles. The van der Waals surface area contributed by atoms with Crippen molar-refractivity contribution < 1.29 is 29.1 Å². The number of nitro groups is 1. The van der Waals surface area contributed by atoms with Gasteiger partial charge in [-0.15, -0.1) is 0 Å². The van der Waals surface area contributed by atoms with E-state index in [2.05, 4.69) is 12.2 Å². The lowest BCUT2D eigenvalue weighted by atomic mass is 9.86. The van der Waals surface area contributed by atoms with Crippen LogP contribution in [0.5, 0.6) is 11.5 Å². The van der Waals surface area contributed by atoms with Crippen LogP contribution in [0.2, 0.25) is 0 Å². The van der Waals surface area contributed by atoms with Gasteiger partial charge in [-0.3, -0.25) is 14.9 Å². The molecule has 0 aliphatic carbocycles. The third kappa shape index (κ3) is 6.26. The third-order valence-corrected chi connectivity index (χ3v) is 4.65. The Morgan fingerprint density at radius 1 is 1.19 bits per heavy atom. The van der Waals surface area contributed by atoms with Crippen LogP contribution in [0.25, 0.3) is 0 Å². The molecular formula is C22H28N2O7. The van der Waals surface area contributed by atoms with E-state index in [0.717, 1.165) is 6.54 Å². The largest absolute Gasteiger partial charge is 0.493 e. The molecule has 9 heteroatoms. The van der Waals surface area contributed by atoms with E-state index in [1.54, 1.807) is 0 Å². The van der Waals surface area contributed by atoms with Crippen LogP contribution in [0.1, 0.15) is 58.0 Å². The van der Waals surface area contributed by atoms with E-state index in [-0.39, 0.29) is 22.6 Å². The highest BCUT2D eigenvalue weighted by molar-refractivity contribution is 5.89. The molecule has 0 aromatic heterocycles. The summed E-state index contributed by atoms with van der Waals surface area (Å²) in [6.45, 7) is 4.96. The van der Waals surface area contributed by atoms with Crippen LogP contribution in [-0.4, -0.2) is 50.1 Å². The number of ether oxygens (including phenoxy) is 2. The van der Waals surface area contributed by atoms with E-state index in [9.17, 15) is 24.8 Å². The van der Waals surface area contributed by atoms with Crippen molar-refractivity contribution in [1.29, 1.82) is 0 Å². The molecule has 0 saturated heterocycles. The lowest BCUT2D eigenvalue weighted by Gasteiger charge is -2.21. The summed E-state index contributed by atoms with van der Waals surface area (Å²) in [5, 5.41) is 23.9. The Morgan fingerprint density at radius 3 is 2.26 bits per heavy atom. The molecule has 0 amide bonds. The van der Waals surface area contributed by atoms with E-state index < -0.39 is 16.8 Å². The van der Waals surface area contributed by atoms with Crippen molar-refractivity contribution in [1.82, 2.24) is 5.32 Å². The molecule has 0 aliphatic rings. The van der Waals surface area contributed by atoms with Crippen LogP contribution < -0.4 is 14.8 Å². The topological polar surface area (TPSA) is 128 Å². The highest BCUT2D eigenvalue weighted by Gasteiger charge is 2.28. The SMILES string of the molecule is CCC(c1ccc(C=O)cc1[N+](=O)[O-])c1cc(C(=O)O)cc(OC)c1OC.CCNC. The number of methoxy groups -OCH3 is 2. The zero-order valence-electron chi connectivity index (χ0n) is 18.3. The summed E-state index contributed by atoms with van der Waals surface area (Å²) < 4.78 is 10.7. The van der Waals surface area contributed by atoms with Crippen LogP contribution in [0.15, 0.2) is 30.3 Å². The van der Waals surface area contributed by atoms with E-state index >= 15 is 0 Å². The number of nitro benzene ring substituents is 1. The van der Waals surface area contributed by atoms with Crippen molar-refractivity contribution in [2.24, 2.45) is 0 Å². The minimum absolute atomic E-state index is 0.0201. The number of hydrogen-bond acceptors (Lipinski definition) is 7. The van der Waals surface area contributed by atoms with Gasteiger partial charge in [-0.1, -0.05) is 26.0 Å². The molecule has 2 N–H and O–H groups in total. The van der Waals surface area contributed by atoms with Crippen LogP contribution in [0.3, 0.4) is 0 Å². The van der Waals surface area contributed by atoms with Crippen molar-refractivity contribution in [2.75, 3.05) is 27.8 Å². The number of aromatic carboxylic acids is 1. The van der Waals surface area contributed by atoms with Gasteiger partial charge in [0, 0.05) is 28.7 Å². The first-order valence-electron chi connectivity index (χ1n) is 9.66. The summed E-state index contributed by atoms with van der Waals surface area (Å²) in [6, 6.07) is 6.96. The molecule has 0 saturated carbocycles. The summed E-state index contributed by atoms with van der Waals surface area (Å²) in [4.78, 5) is 33.4. The van der Waals surface area contributed by atoms with Gasteiger partial charge in [-0.05, 0) is 32.1 Å². The Balaban J connectivity index is 0.00000110. The second-order valence-corrected chi connectivity index (χ2v) is 6.47. The molecule has 0 radical (unpaired) electrons. The van der Waals surface area contributed by atoms with Gasteiger partial charge in [0.2, 0.25) is 0 Å². The summed E-state index contributed by atoms with van der Waals surface area (Å²) in [6.07, 6.45) is 0.969. The molecule has 0 bridgehead atoms. The van der Waals surface area contributed by atoms with Gasteiger partial charge in [0.1, 0.15) is 6.29 Å². The zero-order valence-corrected chi connectivity index (χ0v) is 18.3. The van der Waals surface area contributed by atoms with Crippen LogP contribution in [0.4, 0.5) is 5.69 Å². The quantitative estimate of drug-likeness (QED) is 0.347. The van der Waals surface area contributed by atoms with Crippen LogP contribution >= 0.6 is 0 Å². The highest BCUT2D eigenvalue weighted by Crippen LogP contribution is 2.43. The first kappa shape index (κ1) is 25.6. The smallest absolute Gasteiger partial charge is 0.335 e. The predicted molar refractivity (Wildman–Crippen MR) is 117 cm³/mol. The van der Waals surface area contributed by atoms with Crippen molar-refractivity contribution in [3.8, 4) is 11.5 Å². The Morgan fingerprint density at radius 2 is 1.84 bits per heavy atom. The molecule has 9 nitrogen and oxygen atoms in total. The fourth-order valence-corrected chi connectivity index (χ4v) is 3.07. The monoisotopic (exact) mass is 432 g/mol. The molecular weight excluding hydrogens is 404 g/mol. The van der Waals surface area contributed by atoms with E-state index in [1.165, 1.54) is 44.6 Å². The molecule has 0 heterocycles. The molecule has 0 fully saturated rings. The second-order valence-electron chi connectivity index (χ2n) is 6.47. The van der Waals surface area contributed by atoms with Crippen LogP contribution in [0, 0.1) is 10.1 Å². The maximum atomic E-state index is 11.5. The van der Waals surface area contributed by atoms with Crippen LogP contribution in [-0.2, 0) is 0 Å². The molecule has 2 aromatic rings. The summed E-state index contributed by atoms with van der Waals surface area (Å²) in [5.74, 6) is -1.16. The molecule has 31 heavy (non-hydrogen) atoms. The van der Waals surface area contributed by atoms with Gasteiger partial charge >= 0.3 is 5.97 Å². The first-order chi connectivity index (χ1) is 14.8. The standard InChI is InChI=1S/C19H19NO7.C3H9N/c1-4-13(14-6-5-11(10-21)7-16(14)20(24)25)15-8-12(19(22)23)9-17(26-2)18(15)27-3;1-3-4-2/h5-10,13H,4H2,1-3H3,(H,22,23);4H,3H2,1-2H3. The van der Waals surface area contributed by atoms with E-state index in [0.29, 0.717) is 29.6 Å². The number of hydrogen-bond donors (Lipinski definition) is 2. The van der Waals surface area contributed by atoms with Crippen molar-refractivity contribution in [3.05, 3.63) is 62.7 Å². The summed E-state index contributed by atoms with van der Waals surface area (Å²) in [5.41, 5.74) is 0.764. The van der Waals surface area contributed by atoms with Gasteiger partial charge in [0.15, 0.2) is 11.5 Å². The lowest BCUT2D eigenvalue weighted by molar-refractivity contribution is -0.385. The molecule has 1 atom stereocenters. The number of nitrogens with zero attached hydrogens (tertiary/aromatic N) is 1. The fourth-order valence-electron chi connectivity index (χ4n) is 3.07. The molecule has 0 spiro atoms. The minimum Gasteiger partial charge on any atom is -0.493 e. The van der Waals surface area contributed by atoms with Gasteiger partial charge in [-0.2, -0.15) is 0 Å². The van der Waals surface area contributed by atoms with Crippen molar-refractivity contribution in [3.63, 3.8) is 0 Å². The number of carbonyl (C=O) groups is 2. The summed E-state index contributed by atoms with van der Waals surface area (Å²) in [7, 11) is 4.73. The molecule has 1 unspecified atom stereocenters. The fraction of sp³-hybridized carbons (Fsp3) is 0.364. The van der Waals surface area contributed by atoms with Gasteiger partial charge in [-0.25, -0.2) is 4.79 Å². The second kappa shape index (κ2) is 12.3. The van der Waals surface area contributed by atoms with Gasteiger partial charge in [0.25, 0.3) is 5.69 Å². The van der Waals surface area contributed by atoms with Crippen molar-refractivity contribution in [2.45, 2.75) is 26.2 Å². The van der Waals surface area contributed by atoms with Gasteiger partial charge in [0.05, 0.1) is 24.7 Å². The Kier molecular flexibility index (Phi) is 10.1. The number of nitrogens with one attached hydrogen (secondary N) is 1. The Labute approximate surface area is 181 Å². The zero-order chi connectivity index (χ0) is 23.6. The third-order valence-electron chi connectivity index (χ3n) is 4.65. The maximum Gasteiger partial charge on any atom is 0.335 e. The number of rotatable bonds is 9. The number of carboxylic acid groups (broad SMARTS) is 1. The first-order valence-corrected chi connectivity index (χ1v) is 9.66. The number of aldehydes is 1. The predicted octanol–water partition coefficient (Wildman–Crippen LogP) is 3.89. The normalized spacial score (nSPS) is 11.0. The highest BCUT2D eigenvalue weighted by atomic mass is 16.6. The maximum absolute atomic E-state index is 11.5. The van der Waals surface area contributed by atoms with Gasteiger partial charge < -0.3 is 19.9 Å².